The summed E-state index contributed by atoms with van der Waals surface area (Å²) in [5.74, 6) is 0.616. The fourth-order valence-corrected chi connectivity index (χ4v) is 4.44. The van der Waals surface area contributed by atoms with E-state index in [1.165, 1.54) is 28.7 Å². The minimum Gasteiger partial charge on any atom is -0.316 e. The molecule has 1 amide bonds. The summed E-state index contributed by atoms with van der Waals surface area (Å²) in [6.45, 7) is 4.12. The number of thioether (sulfide) groups is 1. The van der Waals surface area contributed by atoms with Crippen LogP contribution in [-0.4, -0.2) is 31.4 Å². The zero-order valence-electron chi connectivity index (χ0n) is 16.9. The molecule has 0 radical (unpaired) electrons. The maximum absolute atomic E-state index is 12.5. The SMILES string of the molecule is Cc1ccc(-n2c(SCC(=O)Nc3sccc3C#N)nnc2-c2ccncc2)cc1C. The molecule has 0 aliphatic rings. The van der Waals surface area contributed by atoms with Crippen molar-refractivity contribution in [3.05, 3.63) is 70.9 Å². The van der Waals surface area contributed by atoms with Crippen LogP contribution in [0.15, 0.2) is 59.3 Å². The number of nitrogens with one attached hydrogen (secondary N) is 1. The fraction of sp³-hybridized carbons (Fsp3) is 0.136. The van der Waals surface area contributed by atoms with Gasteiger partial charge in [-0.25, -0.2) is 0 Å². The quantitative estimate of drug-likeness (QED) is 0.435. The second-order valence-corrected chi connectivity index (χ2v) is 8.62. The Balaban J connectivity index is 1.63. The molecule has 0 aliphatic heterocycles. The van der Waals surface area contributed by atoms with Crippen LogP contribution in [0.1, 0.15) is 16.7 Å². The van der Waals surface area contributed by atoms with Crippen LogP contribution in [-0.2, 0) is 4.79 Å². The summed E-state index contributed by atoms with van der Waals surface area (Å²) in [7, 11) is 0. The van der Waals surface area contributed by atoms with Gasteiger partial charge < -0.3 is 5.32 Å². The van der Waals surface area contributed by atoms with Crippen molar-refractivity contribution in [3.63, 3.8) is 0 Å². The normalized spacial score (nSPS) is 10.6. The zero-order valence-corrected chi connectivity index (χ0v) is 18.5. The Kier molecular flexibility index (Phi) is 6.11. The lowest BCUT2D eigenvalue weighted by Gasteiger charge is -2.12. The largest absolute Gasteiger partial charge is 0.316 e. The highest BCUT2D eigenvalue weighted by atomic mass is 32.2. The highest BCUT2D eigenvalue weighted by molar-refractivity contribution is 7.99. The number of carbonyl (C=O) groups is 1. The van der Waals surface area contributed by atoms with Crippen molar-refractivity contribution in [2.75, 3.05) is 11.1 Å². The molecule has 3 heterocycles. The zero-order chi connectivity index (χ0) is 21.8. The monoisotopic (exact) mass is 446 g/mol. The van der Waals surface area contributed by atoms with Crippen LogP contribution in [0.25, 0.3) is 17.1 Å². The summed E-state index contributed by atoms with van der Waals surface area (Å²) in [4.78, 5) is 16.6. The molecule has 0 atom stereocenters. The molecule has 0 spiro atoms. The molecule has 1 aromatic carbocycles. The van der Waals surface area contributed by atoms with Crippen molar-refractivity contribution in [3.8, 4) is 23.1 Å². The summed E-state index contributed by atoms with van der Waals surface area (Å²) in [6.07, 6.45) is 3.42. The van der Waals surface area contributed by atoms with Crippen LogP contribution < -0.4 is 5.32 Å². The van der Waals surface area contributed by atoms with Crippen LogP contribution in [0, 0.1) is 25.2 Å². The average molecular weight is 447 g/mol. The van der Waals surface area contributed by atoms with E-state index in [9.17, 15) is 4.79 Å². The van der Waals surface area contributed by atoms with Gasteiger partial charge in [-0.05, 0) is 60.7 Å². The summed E-state index contributed by atoms with van der Waals surface area (Å²) < 4.78 is 1.95. The number of nitrogens with zero attached hydrogens (tertiary/aromatic N) is 5. The number of nitriles is 1. The van der Waals surface area contributed by atoms with Crippen molar-refractivity contribution < 1.29 is 4.79 Å². The summed E-state index contributed by atoms with van der Waals surface area (Å²) in [5, 5.41) is 23.6. The van der Waals surface area contributed by atoms with E-state index in [0.29, 0.717) is 21.5 Å². The van der Waals surface area contributed by atoms with E-state index in [4.69, 9.17) is 5.26 Å². The number of aryl methyl sites for hydroxylation is 2. The van der Waals surface area contributed by atoms with Crippen LogP contribution in [0.4, 0.5) is 5.00 Å². The maximum atomic E-state index is 12.5. The first-order valence-electron chi connectivity index (χ1n) is 9.40. The molecule has 1 N–H and O–H groups in total. The molecule has 0 saturated carbocycles. The molecule has 31 heavy (non-hydrogen) atoms. The molecule has 0 fully saturated rings. The fourth-order valence-electron chi connectivity index (χ4n) is 2.94. The van der Waals surface area contributed by atoms with Crippen molar-refractivity contribution in [2.24, 2.45) is 0 Å². The number of carbonyl (C=O) groups excluding carboxylic acids is 1. The molecule has 7 nitrogen and oxygen atoms in total. The first kappa shape index (κ1) is 20.8. The van der Waals surface area contributed by atoms with E-state index >= 15 is 0 Å². The maximum Gasteiger partial charge on any atom is 0.235 e. The van der Waals surface area contributed by atoms with Gasteiger partial charge in [-0.2, -0.15) is 5.26 Å². The number of thiophene rings is 1. The Labute approximate surface area is 187 Å². The second-order valence-electron chi connectivity index (χ2n) is 6.76. The Morgan fingerprint density at radius 3 is 2.71 bits per heavy atom. The van der Waals surface area contributed by atoms with Gasteiger partial charge in [0.05, 0.1) is 17.0 Å². The molecule has 154 valence electrons. The number of amides is 1. The Bertz CT molecular complexity index is 1270. The van der Waals surface area contributed by atoms with Gasteiger partial charge >= 0.3 is 0 Å². The van der Waals surface area contributed by atoms with Gasteiger partial charge in [0.1, 0.15) is 11.1 Å². The Morgan fingerprint density at radius 2 is 1.97 bits per heavy atom. The molecule has 9 heteroatoms. The lowest BCUT2D eigenvalue weighted by atomic mass is 10.1. The van der Waals surface area contributed by atoms with E-state index in [1.807, 2.05) is 22.8 Å². The predicted octanol–water partition coefficient (Wildman–Crippen LogP) is 4.61. The number of pyridine rings is 1. The molecule has 4 aromatic rings. The molecule has 0 bridgehead atoms. The van der Waals surface area contributed by atoms with Crippen LogP contribution in [0.5, 0.6) is 0 Å². The number of rotatable bonds is 6. The average Bonchev–Trinajstić information content (AvgIpc) is 3.41. The lowest BCUT2D eigenvalue weighted by Crippen LogP contribution is -2.14. The number of hydrogen-bond donors (Lipinski definition) is 1. The van der Waals surface area contributed by atoms with Crippen molar-refractivity contribution in [2.45, 2.75) is 19.0 Å². The van der Waals surface area contributed by atoms with Crippen molar-refractivity contribution in [1.82, 2.24) is 19.7 Å². The molecule has 4 rings (SSSR count). The van der Waals surface area contributed by atoms with Crippen molar-refractivity contribution >= 4 is 34.0 Å². The first-order chi connectivity index (χ1) is 15.1. The summed E-state index contributed by atoms with van der Waals surface area (Å²) in [6, 6.07) is 13.7. The van der Waals surface area contributed by atoms with E-state index in [-0.39, 0.29) is 11.7 Å². The van der Waals surface area contributed by atoms with Crippen LogP contribution >= 0.6 is 23.1 Å². The van der Waals surface area contributed by atoms with Gasteiger partial charge in [0.25, 0.3) is 0 Å². The van der Waals surface area contributed by atoms with Gasteiger partial charge in [-0.3, -0.25) is 14.3 Å². The van der Waals surface area contributed by atoms with Gasteiger partial charge in [-0.1, -0.05) is 17.8 Å². The van der Waals surface area contributed by atoms with Crippen LogP contribution in [0.3, 0.4) is 0 Å². The molecular weight excluding hydrogens is 428 g/mol. The molecule has 0 unspecified atom stereocenters. The minimum absolute atomic E-state index is 0.141. The number of benzene rings is 1. The van der Waals surface area contributed by atoms with E-state index in [2.05, 4.69) is 52.5 Å². The molecule has 0 saturated heterocycles. The van der Waals surface area contributed by atoms with Gasteiger partial charge in [0.15, 0.2) is 11.0 Å². The lowest BCUT2D eigenvalue weighted by molar-refractivity contribution is -0.113. The standard InChI is InChI=1S/C22H18N6OS2/c1-14-3-4-18(11-15(14)2)28-20(16-5-8-24-9-6-16)26-27-22(28)31-13-19(29)25-21-17(12-23)7-10-30-21/h3-11H,13H2,1-2H3,(H,25,29). The third kappa shape index (κ3) is 4.50. The predicted molar refractivity (Wildman–Crippen MR) is 122 cm³/mol. The van der Waals surface area contributed by atoms with Crippen LogP contribution in [0.2, 0.25) is 0 Å². The highest BCUT2D eigenvalue weighted by Crippen LogP contribution is 2.29. The molecular formula is C22H18N6OS2. The smallest absolute Gasteiger partial charge is 0.235 e. The second kappa shape index (κ2) is 9.12. The topological polar surface area (TPSA) is 96.5 Å². The molecule has 0 aliphatic carbocycles. The van der Waals surface area contributed by atoms with Gasteiger partial charge in [0.2, 0.25) is 5.91 Å². The Morgan fingerprint density at radius 1 is 1.16 bits per heavy atom. The molecule has 3 aromatic heterocycles. The Hall–Kier alpha value is -3.48. The third-order valence-electron chi connectivity index (χ3n) is 4.69. The summed E-state index contributed by atoms with van der Waals surface area (Å²) in [5.41, 5.74) is 4.62. The highest BCUT2D eigenvalue weighted by Gasteiger charge is 2.18. The van der Waals surface area contributed by atoms with Gasteiger partial charge in [-0.15, -0.1) is 21.5 Å². The number of aromatic nitrogens is 4. The number of hydrogen-bond acceptors (Lipinski definition) is 7. The minimum atomic E-state index is -0.205. The number of anilines is 1. The van der Waals surface area contributed by atoms with E-state index in [0.717, 1.165) is 16.8 Å². The third-order valence-corrected chi connectivity index (χ3v) is 6.45. The first-order valence-corrected chi connectivity index (χ1v) is 11.3. The van der Waals surface area contributed by atoms with Crippen molar-refractivity contribution in [1.29, 1.82) is 5.26 Å². The van der Waals surface area contributed by atoms with Gasteiger partial charge in [0, 0.05) is 18.0 Å². The van der Waals surface area contributed by atoms with E-state index in [1.54, 1.807) is 23.8 Å². The summed E-state index contributed by atoms with van der Waals surface area (Å²) >= 11 is 2.62. The van der Waals surface area contributed by atoms with E-state index < -0.39 is 0 Å².